The van der Waals surface area contributed by atoms with Crippen molar-refractivity contribution in [1.82, 2.24) is 19.6 Å². The predicted molar refractivity (Wildman–Crippen MR) is 74.3 cm³/mol. The molecule has 0 saturated heterocycles. The standard InChI is InChI=1S/C14H12F3N5/c1-21(11-7-4-5-10(18-11)14(15,16)17)9-13-20-19-12-6-2-3-8-22(12)13/h2-8H,9H2,1H3. The first kappa shape index (κ1) is 14.3. The van der Waals surface area contributed by atoms with Crippen LogP contribution in [-0.4, -0.2) is 26.6 Å². The Morgan fingerprint density at radius 2 is 1.91 bits per heavy atom. The lowest BCUT2D eigenvalue weighted by Gasteiger charge is -2.18. The molecule has 0 spiro atoms. The molecule has 0 fully saturated rings. The van der Waals surface area contributed by atoms with Gasteiger partial charge in [-0.25, -0.2) is 4.98 Å². The monoisotopic (exact) mass is 307 g/mol. The topological polar surface area (TPSA) is 46.3 Å². The number of hydrogen-bond acceptors (Lipinski definition) is 4. The molecular formula is C14H12F3N5. The van der Waals surface area contributed by atoms with E-state index in [2.05, 4.69) is 15.2 Å². The maximum atomic E-state index is 12.7. The maximum absolute atomic E-state index is 12.7. The lowest BCUT2D eigenvalue weighted by atomic mass is 10.3. The summed E-state index contributed by atoms with van der Waals surface area (Å²) in [6.07, 6.45) is -2.66. The number of nitrogens with zero attached hydrogens (tertiary/aromatic N) is 5. The molecule has 3 rings (SSSR count). The van der Waals surface area contributed by atoms with Crippen molar-refractivity contribution in [2.24, 2.45) is 0 Å². The van der Waals surface area contributed by atoms with Gasteiger partial charge in [-0.05, 0) is 24.3 Å². The first-order valence-electron chi connectivity index (χ1n) is 6.49. The highest BCUT2D eigenvalue weighted by atomic mass is 19.4. The zero-order chi connectivity index (χ0) is 15.7. The Hall–Kier alpha value is -2.64. The smallest absolute Gasteiger partial charge is 0.352 e. The number of rotatable bonds is 3. The summed E-state index contributed by atoms with van der Waals surface area (Å²) >= 11 is 0. The summed E-state index contributed by atoms with van der Waals surface area (Å²) < 4.78 is 39.9. The molecule has 3 aromatic rings. The molecule has 0 unspecified atom stereocenters. The van der Waals surface area contributed by atoms with Crippen LogP contribution in [0.1, 0.15) is 11.5 Å². The van der Waals surface area contributed by atoms with E-state index in [0.29, 0.717) is 18.0 Å². The third kappa shape index (κ3) is 2.72. The number of aromatic nitrogens is 4. The van der Waals surface area contributed by atoms with Gasteiger partial charge in [-0.2, -0.15) is 13.2 Å². The molecule has 22 heavy (non-hydrogen) atoms. The van der Waals surface area contributed by atoms with Crippen molar-refractivity contribution in [2.75, 3.05) is 11.9 Å². The normalized spacial score (nSPS) is 11.8. The van der Waals surface area contributed by atoms with Crippen LogP contribution in [0, 0.1) is 0 Å². The first-order chi connectivity index (χ1) is 10.4. The molecule has 5 nitrogen and oxygen atoms in total. The van der Waals surface area contributed by atoms with Crippen molar-refractivity contribution in [2.45, 2.75) is 12.7 Å². The van der Waals surface area contributed by atoms with Gasteiger partial charge in [-0.1, -0.05) is 12.1 Å². The summed E-state index contributed by atoms with van der Waals surface area (Å²) in [5.41, 5.74) is -0.231. The second-order valence-electron chi connectivity index (χ2n) is 4.78. The molecule has 0 aromatic carbocycles. The van der Waals surface area contributed by atoms with E-state index in [1.165, 1.54) is 12.1 Å². The van der Waals surface area contributed by atoms with Gasteiger partial charge in [-0.15, -0.1) is 10.2 Å². The van der Waals surface area contributed by atoms with Crippen molar-refractivity contribution >= 4 is 11.5 Å². The Balaban J connectivity index is 1.87. The zero-order valence-electron chi connectivity index (χ0n) is 11.6. The number of anilines is 1. The molecule has 0 N–H and O–H groups in total. The van der Waals surface area contributed by atoms with Crippen LogP contribution < -0.4 is 4.90 Å². The third-order valence-corrected chi connectivity index (χ3v) is 3.18. The summed E-state index contributed by atoms with van der Waals surface area (Å²) in [6, 6.07) is 9.29. The Kier molecular flexibility index (Phi) is 3.44. The molecule has 0 aliphatic rings. The van der Waals surface area contributed by atoms with Crippen LogP contribution in [0.3, 0.4) is 0 Å². The van der Waals surface area contributed by atoms with Gasteiger partial charge in [0, 0.05) is 13.2 Å². The molecule has 114 valence electrons. The fraction of sp³-hybridized carbons (Fsp3) is 0.214. The highest BCUT2D eigenvalue weighted by Gasteiger charge is 2.32. The van der Waals surface area contributed by atoms with Crippen LogP contribution in [0.2, 0.25) is 0 Å². The lowest BCUT2D eigenvalue weighted by molar-refractivity contribution is -0.141. The van der Waals surface area contributed by atoms with E-state index < -0.39 is 11.9 Å². The largest absolute Gasteiger partial charge is 0.433 e. The van der Waals surface area contributed by atoms with Crippen LogP contribution >= 0.6 is 0 Å². The molecule has 0 bridgehead atoms. The van der Waals surface area contributed by atoms with Crippen LogP contribution in [0.4, 0.5) is 19.0 Å². The van der Waals surface area contributed by atoms with E-state index in [4.69, 9.17) is 0 Å². The number of alkyl halides is 3. The molecule has 8 heteroatoms. The van der Waals surface area contributed by atoms with Gasteiger partial charge < -0.3 is 4.90 Å². The minimum absolute atomic E-state index is 0.225. The zero-order valence-corrected chi connectivity index (χ0v) is 11.6. The van der Waals surface area contributed by atoms with E-state index >= 15 is 0 Å². The van der Waals surface area contributed by atoms with E-state index in [1.807, 2.05) is 12.1 Å². The Morgan fingerprint density at radius 3 is 2.68 bits per heavy atom. The Labute approximate surface area is 124 Å². The number of pyridine rings is 2. The minimum Gasteiger partial charge on any atom is -0.352 e. The third-order valence-electron chi connectivity index (χ3n) is 3.18. The molecule has 0 amide bonds. The van der Waals surface area contributed by atoms with E-state index in [9.17, 15) is 13.2 Å². The number of halogens is 3. The molecule has 3 aromatic heterocycles. The average Bonchev–Trinajstić information content (AvgIpc) is 2.90. The lowest BCUT2D eigenvalue weighted by Crippen LogP contribution is -2.21. The van der Waals surface area contributed by atoms with Crippen molar-refractivity contribution in [3.63, 3.8) is 0 Å². The summed E-state index contributed by atoms with van der Waals surface area (Å²) in [4.78, 5) is 5.24. The first-order valence-corrected chi connectivity index (χ1v) is 6.49. The summed E-state index contributed by atoms with van der Waals surface area (Å²) in [7, 11) is 1.66. The van der Waals surface area contributed by atoms with Gasteiger partial charge >= 0.3 is 6.18 Å². The Bertz CT molecular complexity index is 796. The van der Waals surface area contributed by atoms with Crippen LogP contribution in [0.15, 0.2) is 42.6 Å². The summed E-state index contributed by atoms with van der Waals surface area (Å²) in [5, 5.41) is 8.06. The fourth-order valence-electron chi connectivity index (χ4n) is 2.09. The molecule has 0 atom stereocenters. The Morgan fingerprint density at radius 1 is 1.09 bits per heavy atom. The van der Waals surface area contributed by atoms with Crippen LogP contribution in [0.25, 0.3) is 5.65 Å². The number of hydrogen-bond donors (Lipinski definition) is 0. The van der Waals surface area contributed by atoms with Gasteiger partial charge in [0.1, 0.15) is 11.5 Å². The van der Waals surface area contributed by atoms with E-state index in [0.717, 1.165) is 6.07 Å². The second-order valence-corrected chi connectivity index (χ2v) is 4.78. The van der Waals surface area contributed by atoms with Gasteiger partial charge in [-0.3, -0.25) is 4.40 Å². The summed E-state index contributed by atoms with van der Waals surface area (Å²) in [5.74, 6) is 0.847. The van der Waals surface area contributed by atoms with Crippen molar-refractivity contribution in [3.8, 4) is 0 Å². The number of fused-ring (bicyclic) bond motifs is 1. The van der Waals surface area contributed by atoms with Gasteiger partial charge in [0.15, 0.2) is 11.5 Å². The van der Waals surface area contributed by atoms with Gasteiger partial charge in [0.05, 0.1) is 6.54 Å². The maximum Gasteiger partial charge on any atom is 0.433 e. The predicted octanol–water partition coefficient (Wildman–Crippen LogP) is 2.78. The van der Waals surface area contributed by atoms with Crippen molar-refractivity contribution < 1.29 is 13.2 Å². The quantitative estimate of drug-likeness (QED) is 0.746. The van der Waals surface area contributed by atoms with E-state index in [1.54, 1.807) is 28.6 Å². The molecule has 3 heterocycles. The molecule has 0 saturated carbocycles. The van der Waals surface area contributed by atoms with Gasteiger partial charge in [0.25, 0.3) is 0 Å². The summed E-state index contributed by atoms with van der Waals surface area (Å²) in [6.45, 7) is 0.291. The minimum atomic E-state index is -4.46. The highest BCUT2D eigenvalue weighted by molar-refractivity contribution is 5.41. The fourth-order valence-corrected chi connectivity index (χ4v) is 2.09. The second kappa shape index (κ2) is 5.28. The molecule has 0 aliphatic heterocycles. The molecular weight excluding hydrogens is 295 g/mol. The average molecular weight is 307 g/mol. The van der Waals surface area contributed by atoms with Crippen LogP contribution in [-0.2, 0) is 12.7 Å². The van der Waals surface area contributed by atoms with Crippen molar-refractivity contribution in [3.05, 3.63) is 54.1 Å². The molecule has 0 aliphatic carbocycles. The van der Waals surface area contributed by atoms with E-state index in [-0.39, 0.29) is 5.82 Å². The SMILES string of the molecule is CN(Cc1nnc2ccccn12)c1cccc(C(F)(F)F)n1. The molecule has 0 radical (unpaired) electrons. The van der Waals surface area contributed by atoms with Gasteiger partial charge in [0.2, 0.25) is 0 Å². The van der Waals surface area contributed by atoms with Crippen LogP contribution in [0.5, 0.6) is 0 Å². The highest BCUT2D eigenvalue weighted by Crippen LogP contribution is 2.28. The van der Waals surface area contributed by atoms with Crippen molar-refractivity contribution in [1.29, 1.82) is 0 Å².